The van der Waals surface area contributed by atoms with Crippen molar-refractivity contribution < 1.29 is 8.91 Å². The van der Waals surface area contributed by atoms with E-state index in [1.165, 1.54) is 12.1 Å². The van der Waals surface area contributed by atoms with E-state index >= 15 is 0 Å². The third-order valence-corrected chi connectivity index (χ3v) is 6.33. The summed E-state index contributed by atoms with van der Waals surface area (Å²) in [5.74, 6) is 2.40. The predicted molar refractivity (Wildman–Crippen MR) is 81.5 cm³/mol. The molecule has 0 aliphatic carbocycles. The number of nitrogens with zero attached hydrogens (tertiary/aromatic N) is 3. The monoisotopic (exact) mass is 321 g/mol. The molecular formula is C14H12FN3OS2. The molecule has 0 spiro atoms. The van der Waals surface area contributed by atoms with Gasteiger partial charge in [0.1, 0.15) is 17.4 Å². The van der Waals surface area contributed by atoms with Crippen molar-refractivity contribution in [1.82, 2.24) is 10.1 Å². The molecule has 1 aromatic carbocycles. The van der Waals surface area contributed by atoms with Crippen molar-refractivity contribution in [3.8, 4) is 17.5 Å². The molecule has 1 fully saturated rings. The van der Waals surface area contributed by atoms with Crippen LogP contribution in [0.25, 0.3) is 11.5 Å². The molecule has 2 heterocycles. The van der Waals surface area contributed by atoms with Crippen molar-refractivity contribution >= 4 is 23.5 Å². The van der Waals surface area contributed by atoms with Crippen molar-refractivity contribution in [3.63, 3.8) is 0 Å². The summed E-state index contributed by atoms with van der Waals surface area (Å²) in [7, 11) is 0. The maximum Gasteiger partial charge on any atom is 0.259 e. The van der Waals surface area contributed by atoms with E-state index in [9.17, 15) is 4.39 Å². The zero-order valence-electron chi connectivity index (χ0n) is 11.2. The number of halogens is 1. The molecule has 0 N–H and O–H groups in total. The fraction of sp³-hybridized carbons (Fsp3) is 0.357. The Labute approximate surface area is 130 Å². The molecule has 2 atom stereocenters. The van der Waals surface area contributed by atoms with E-state index < -0.39 is 5.82 Å². The van der Waals surface area contributed by atoms with Crippen LogP contribution in [-0.4, -0.2) is 26.9 Å². The second kappa shape index (κ2) is 6.08. The number of thioether (sulfide) groups is 2. The molecule has 2 aromatic rings. The number of rotatable bonds is 2. The predicted octanol–water partition coefficient (Wildman–Crippen LogP) is 3.66. The number of aromatic nitrogens is 2. The average Bonchev–Trinajstić information content (AvgIpc) is 2.97. The SMILES string of the molecule is CC1SCCSC1c1noc(-c2cccc(F)c2C#N)n1. The van der Waals surface area contributed by atoms with Crippen molar-refractivity contribution in [2.45, 2.75) is 17.4 Å². The summed E-state index contributed by atoms with van der Waals surface area (Å²) >= 11 is 3.68. The minimum atomic E-state index is -0.578. The molecule has 0 bridgehead atoms. The zero-order valence-corrected chi connectivity index (χ0v) is 12.9. The Morgan fingerprint density at radius 3 is 2.95 bits per heavy atom. The van der Waals surface area contributed by atoms with Crippen LogP contribution in [0.3, 0.4) is 0 Å². The van der Waals surface area contributed by atoms with Gasteiger partial charge >= 0.3 is 0 Å². The second-order valence-electron chi connectivity index (χ2n) is 4.60. The maximum absolute atomic E-state index is 13.6. The van der Waals surface area contributed by atoms with E-state index in [4.69, 9.17) is 9.78 Å². The van der Waals surface area contributed by atoms with Crippen LogP contribution in [0.4, 0.5) is 4.39 Å². The molecule has 1 aliphatic rings. The quantitative estimate of drug-likeness (QED) is 0.841. The number of hydrogen-bond acceptors (Lipinski definition) is 6. The van der Waals surface area contributed by atoms with Crippen LogP contribution in [0.1, 0.15) is 23.6 Å². The van der Waals surface area contributed by atoms with E-state index in [0.717, 1.165) is 11.5 Å². The molecule has 0 amide bonds. The highest BCUT2D eigenvalue weighted by atomic mass is 32.2. The molecule has 0 radical (unpaired) electrons. The van der Waals surface area contributed by atoms with Crippen molar-refractivity contribution in [2.75, 3.05) is 11.5 Å². The minimum absolute atomic E-state index is 0.0635. The molecule has 7 heteroatoms. The topological polar surface area (TPSA) is 62.7 Å². The van der Waals surface area contributed by atoms with Crippen LogP contribution in [0.2, 0.25) is 0 Å². The van der Waals surface area contributed by atoms with Crippen molar-refractivity contribution in [1.29, 1.82) is 5.26 Å². The highest BCUT2D eigenvalue weighted by Gasteiger charge is 2.29. The highest BCUT2D eigenvalue weighted by molar-refractivity contribution is 8.06. The van der Waals surface area contributed by atoms with E-state index in [-0.39, 0.29) is 16.7 Å². The smallest absolute Gasteiger partial charge is 0.259 e. The number of benzene rings is 1. The summed E-state index contributed by atoms with van der Waals surface area (Å²) in [4.78, 5) is 4.37. The molecule has 3 rings (SSSR count). The first-order chi connectivity index (χ1) is 10.2. The van der Waals surface area contributed by atoms with Gasteiger partial charge in [-0.05, 0) is 12.1 Å². The van der Waals surface area contributed by atoms with Gasteiger partial charge in [0, 0.05) is 16.8 Å². The van der Waals surface area contributed by atoms with Crippen molar-refractivity contribution in [3.05, 3.63) is 35.4 Å². The molecule has 1 saturated heterocycles. The number of hydrogen-bond donors (Lipinski definition) is 0. The van der Waals surface area contributed by atoms with Gasteiger partial charge in [0.2, 0.25) is 0 Å². The van der Waals surface area contributed by atoms with Crippen LogP contribution < -0.4 is 0 Å². The first-order valence-corrected chi connectivity index (χ1v) is 8.56. The molecule has 2 unspecified atom stereocenters. The summed E-state index contributed by atoms with van der Waals surface area (Å²) in [6.07, 6.45) is 0. The number of nitriles is 1. The van der Waals surface area contributed by atoms with Gasteiger partial charge in [0.05, 0.1) is 10.8 Å². The first kappa shape index (κ1) is 14.4. The van der Waals surface area contributed by atoms with Gasteiger partial charge in [-0.25, -0.2) is 4.39 Å². The molecule has 4 nitrogen and oxygen atoms in total. The average molecular weight is 321 g/mol. The van der Waals surface area contributed by atoms with Gasteiger partial charge in [0.15, 0.2) is 5.82 Å². The lowest BCUT2D eigenvalue weighted by molar-refractivity contribution is 0.421. The summed E-state index contributed by atoms with van der Waals surface area (Å²) < 4.78 is 18.9. The molecular weight excluding hydrogens is 309 g/mol. The Morgan fingerprint density at radius 2 is 2.19 bits per heavy atom. The molecule has 108 valence electrons. The van der Waals surface area contributed by atoms with Crippen LogP contribution in [0.5, 0.6) is 0 Å². The summed E-state index contributed by atoms with van der Waals surface area (Å²) in [5, 5.41) is 13.7. The molecule has 1 aromatic heterocycles. The minimum Gasteiger partial charge on any atom is -0.334 e. The highest BCUT2D eigenvalue weighted by Crippen LogP contribution is 2.41. The molecule has 21 heavy (non-hydrogen) atoms. The van der Waals surface area contributed by atoms with Crippen LogP contribution in [0.15, 0.2) is 22.7 Å². The standard InChI is InChI=1S/C14H12FN3OS2/c1-8-12(21-6-5-20-8)13-17-14(19-18-13)9-3-2-4-11(15)10(9)7-16/h2-4,8,12H,5-6H2,1H3. The molecule has 0 saturated carbocycles. The fourth-order valence-electron chi connectivity index (χ4n) is 2.19. The van der Waals surface area contributed by atoms with Crippen LogP contribution in [0, 0.1) is 17.1 Å². The largest absolute Gasteiger partial charge is 0.334 e. The maximum atomic E-state index is 13.6. The van der Waals surface area contributed by atoms with Gasteiger partial charge in [-0.3, -0.25) is 0 Å². The lowest BCUT2D eigenvalue weighted by Gasteiger charge is -2.24. The Morgan fingerprint density at radius 1 is 1.38 bits per heavy atom. The summed E-state index contributed by atoms with van der Waals surface area (Å²) in [6, 6.07) is 6.24. The van der Waals surface area contributed by atoms with Gasteiger partial charge in [-0.15, -0.1) is 11.8 Å². The summed E-state index contributed by atoms with van der Waals surface area (Å²) in [6.45, 7) is 2.14. The first-order valence-electron chi connectivity index (χ1n) is 6.46. The third-order valence-electron chi connectivity index (χ3n) is 3.24. The van der Waals surface area contributed by atoms with Crippen LogP contribution >= 0.6 is 23.5 Å². The van der Waals surface area contributed by atoms with E-state index in [2.05, 4.69) is 17.1 Å². The van der Waals surface area contributed by atoms with E-state index in [1.807, 2.05) is 17.8 Å². The van der Waals surface area contributed by atoms with E-state index in [1.54, 1.807) is 17.8 Å². The normalized spacial score (nSPS) is 22.0. The van der Waals surface area contributed by atoms with Crippen molar-refractivity contribution in [2.24, 2.45) is 0 Å². The Bertz CT molecular complexity index is 698. The Hall–Kier alpha value is -1.52. The fourth-order valence-corrected chi connectivity index (χ4v) is 4.87. The lowest BCUT2D eigenvalue weighted by Crippen LogP contribution is -2.16. The van der Waals surface area contributed by atoms with Gasteiger partial charge in [0.25, 0.3) is 5.89 Å². The second-order valence-corrected chi connectivity index (χ2v) is 7.33. The van der Waals surface area contributed by atoms with Gasteiger partial charge in [-0.2, -0.15) is 22.0 Å². The van der Waals surface area contributed by atoms with Gasteiger partial charge in [-0.1, -0.05) is 18.1 Å². The molecule has 1 aliphatic heterocycles. The zero-order chi connectivity index (χ0) is 14.8. The van der Waals surface area contributed by atoms with E-state index in [0.29, 0.717) is 16.6 Å². The Balaban J connectivity index is 1.96. The lowest BCUT2D eigenvalue weighted by atomic mass is 10.1. The summed E-state index contributed by atoms with van der Waals surface area (Å²) in [5.41, 5.74) is 0.281. The third kappa shape index (κ3) is 2.78. The van der Waals surface area contributed by atoms with Crippen LogP contribution in [-0.2, 0) is 0 Å². The van der Waals surface area contributed by atoms with Gasteiger partial charge < -0.3 is 4.52 Å². The Kier molecular flexibility index (Phi) is 4.17.